The molecule has 0 aliphatic carbocycles. The Hall–Kier alpha value is -4.20. The topological polar surface area (TPSA) is 75.5 Å². The number of hydrogen-bond donors (Lipinski definition) is 0. The summed E-state index contributed by atoms with van der Waals surface area (Å²) >= 11 is 0. The lowest BCUT2D eigenvalue weighted by atomic mass is 10.3. The normalized spacial score (nSPS) is 10.5. The third-order valence-corrected chi connectivity index (χ3v) is 4.34. The molecule has 156 valence electrons. The van der Waals surface area contributed by atoms with E-state index in [1.165, 1.54) is 23.0 Å². The van der Waals surface area contributed by atoms with Gasteiger partial charge >= 0.3 is 5.97 Å². The second kappa shape index (κ2) is 9.08. The molecule has 0 aliphatic heterocycles. The van der Waals surface area contributed by atoms with Crippen LogP contribution >= 0.6 is 0 Å². The predicted octanol–water partition coefficient (Wildman–Crippen LogP) is 4.56. The number of rotatable bonds is 7. The van der Waals surface area contributed by atoms with Crippen molar-refractivity contribution in [1.29, 1.82) is 0 Å². The van der Waals surface area contributed by atoms with Crippen LogP contribution in [0.2, 0.25) is 0 Å². The van der Waals surface area contributed by atoms with E-state index in [4.69, 9.17) is 14.2 Å². The maximum atomic E-state index is 13.9. The second-order valence-corrected chi connectivity index (χ2v) is 6.41. The number of carbonyl (C=O) groups is 1. The largest absolute Gasteiger partial charge is 0.493 e. The number of pyridine rings is 1. The van der Waals surface area contributed by atoms with Gasteiger partial charge in [-0.15, -0.1) is 0 Å². The smallest absolute Gasteiger partial charge is 0.357 e. The number of methoxy groups -OCH3 is 1. The van der Waals surface area contributed by atoms with Crippen molar-refractivity contribution in [1.82, 2.24) is 14.8 Å². The van der Waals surface area contributed by atoms with Gasteiger partial charge < -0.3 is 14.2 Å². The molecule has 4 rings (SSSR count). The van der Waals surface area contributed by atoms with Crippen molar-refractivity contribution in [3.8, 4) is 22.9 Å². The van der Waals surface area contributed by atoms with Crippen LogP contribution in [0.15, 0.2) is 79.1 Å². The van der Waals surface area contributed by atoms with Crippen LogP contribution in [0.4, 0.5) is 4.39 Å². The zero-order valence-electron chi connectivity index (χ0n) is 16.6. The Morgan fingerprint density at radius 2 is 1.77 bits per heavy atom. The highest BCUT2D eigenvalue weighted by Crippen LogP contribution is 2.30. The van der Waals surface area contributed by atoms with Crippen molar-refractivity contribution in [2.45, 2.75) is 6.61 Å². The number of aromatic nitrogens is 3. The Morgan fingerprint density at radius 3 is 2.52 bits per heavy atom. The summed E-state index contributed by atoms with van der Waals surface area (Å²) in [5, 5.41) is 4.23. The third-order valence-electron chi connectivity index (χ3n) is 4.34. The zero-order valence-corrected chi connectivity index (χ0v) is 16.6. The fourth-order valence-electron chi connectivity index (χ4n) is 2.82. The number of nitrogens with zero attached hydrogens (tertiary/aromatic N) is 3. The van der Waals surface area contributed by atoms with Crippen molar-refractivity contribution in [2.75, 3.05) is 7.11 Å². The monoisotopic (exact) mass is 419 g/mol. The molecule has 31 heavy (non-hydrogen) atoms. The SMILES string of the molecule is COc1ccccc1Oc1ccc(C(=O)OCc2ccn(-c3ccccc3F)n2)nc1. The van der Waals surface area contributed by atoms with Gasteiger partial charge in [0.1, 0.15) is 35.2 Å². The summed E-state index contributed by atoms with van der Waals surface area (Å²) in [7, 11) is 1.55. The van der Waals surface area contributed by atoms with Crippen molar-refractivity contribution in [3.63, 3.8) is 0 Å². The molecule has 7 nitrogen and oxygen atoms in total. The van der Waals surface area contributed by atoms with Crippen LogP contribution in [-0.4, -0.2) is 27.8 Å². The van der Waals surface area contributed by atoms with Gasteiger partial charge in [-0.2, -0.15) is 5.10 Å². The van der Waals surface area contributed by atoms with E-state index >= 15 is 0 Å². The molecule has 4 aromatic rings. The quantitative estimate of drug-likeness (QED) is 0.409. The summed E-state index contributed by atoms with van der Waals surface area (Å²) < 4.78 is 31.5. The van der Waals surface area contributed by atoms with Gasteiger partial charge in [0.2, 0.25) is 0 Å². The first kappa shape index (κ1) is 20.1. The molecule has 2 aromatic carbocycles. The molecule has 0 unspecified atom stereocenters. The number of halogens is 1. The first-order valence-electron chi connectivity index (χ1n) is 9.37. The van der Waals surface area contributed by atoms with Crippen molar-refractivity contribution in [2.24, 2.45) is 0 Å². The first-order chi connectivity index (χ1) is 15.1. The first-order valence-corrected chi connectivity index (χ1v) is 9.37. The average molecular weight is 419 g/mol. The van der Waals surface area contributed by atoms with E-state index in [0.717, 1.165) is 0 Å². The van der Waals surface area contributed by atoms with E-state index in [-0.39, 0.29) is 12.3 Å². The number of carbonyl (C=O) groups excluding carboxylic acids is 1. The third kappa shape index (κ3) is 4.69. The number of hydrogen-bond acceptors (Lipinski definition) is 6. The van der Waals surface area contributed by atoms with Crippen LogP contribution in [-0.2, 0) is 11.3 Å². The van der Waals surface area contributed by atoms with Crippen LogP contribution in [0.1, 0.15) is 16.2 Å². The molecule has 0 fully saturated rings. The molecular weight excluding hydrogens is 401 g/mol. The van der Waals surface area contributed by atoms with Crippen LogP contribution in [0.25, 0.3) is 5.69 Å². The summed E-state index contributed by atoms with van der Waals surface area (Å²) in [6, 6.07) is 18.2. The second-order valence-electron chi connectivity index (χ2n) is 6.41. The Balaban J connectivity index is 1.37. The summed E-state index contributed by atoms with van der Waals surface area (Å²) in [4.78, 5) is 16.4. The number of benzene rings is 2. The van der Waals surface area contributed by atoms with E-state index in [0.29, 0.717) is 28.6 Å². The molecule has 0 saturated heterocycles. The minimum absolute atomic E-state index is 0.0680. The predicted molar refractivity (Wildman–Crippen MR) is 110 cm³/mol. The highest BCUT2D eigenvalue weighted by Gasteiger charge is 2.12. The Morgan fingerprint density at radius 1 is 1.00 bits per heavy atom. The Bertz CT molecular complexity index is 1190. The lowest BCUT2D eigenvalue weighted by Gasteiger charge is -2.09. The molecule has 0 aliphatic rings. The van der Waals surface area contributed by atoms with Gasteiger partial charge in [0.05, 0.1) is 13.3 Å². The van der Waals surface area contributed by atoms with Crippen LogP contribution in [0.5, 0.6) is 17.2 Å². The van der Waals surface area contributed by atoms with Crippen LogP contribution in [0.3, 0.4) is 0 Å². The Labute approximate surface area is 177 Å². The van der Waals surface area contributed by atoms with Gasteiger partial charge in [0.15, 0.2) is 11.5 Å². The van der Waals surface area contributed by atoms with E-state index in [2.05, 4.69) is 10.1 Å². The van der Waals surface area contributed by atoms with Crippen molar-refractivity contribution >= 4 is 5.97 Å². The molecule has 0 radical (unpaired) electrons. The van der Waals surface area contributed by atoms with E-state index in [1.807, 2.05) is 12.1 Å². The highest BCUT2D eigenvalue weighted by atomic mass is 19.1. The summed E-state index contributed by atoms with van der Waals surface area (Å²) in [5.74, 6) is 0.566. The maximum absolute atomic E-state index is 13.9. The minimum atomic E-state index is -0.607. The van der Waals surface area contributed by atoms with Gasteiger partial charge in [-0.25, -0.2) is 18.9 Å². The highest BCUT2D eigenvalue weighted by molar-refractivity contribution is 5.87. The van der Waals surface area contributed by atoms with E-state index in [1.54, 1.807) is 55.8 Å². The lowest BCUT2D eigenvalue weighted by molar-refractivity contribution is 0.0460. The maximum Gasteiger partial charge on any atom is 0.357 e. The van der Waals surface area contributed by atoms with Gasteiger partial charge in [0, 0.05) is 6.20 Å². The molecule has 0 saturated carbocycles. The molecule has 0 spiro atoms. The summed E-state index contributed by atoms with van der Waals surface area (Å²) in [5.41, 5.74) is 0.918. The van der Waals surface area contributed by atoms with Crippen LogP contribution < -0.4 is 9.47 Å². The minimum Gasteiger partial charge on any atom is -0.493 e. The molecule has 2 aromatic heterocycles. The van der Waals surface area contributed by atoms with Gasteiger partial charge in [-0.1, -0.05) is 24.3 Å². The number of para-hydroxylation sites is 3. The van der Waals surface area contributed by atoms with E-state index in [9.17, 15) is 9.18 Å². The standard InChI is InChI=1S/C23H18FN3O4/c1-29-21-8-4-5-9-22(21)31-17-10-11-19(25-14-17)23(28)30-15-16-12-13-27(26-16)20-7-3-2-6-18(20)24/h2-14H,15H2,1H3. The number of esters is 1. The summed E-state index contributed by atoms with van der Waals surface area (Å²) in [6.45, 7) is -0.0680. The average Bonchev–Trinajstić information content (AvgIpc) is 3.27. The molecule has 0 bridgehead atoms. The van der Waals surface area contributed by atoms with E-state index < -0.39 is 11.8 Å². The van der Waals surface area contributed by atoms with Crippen molar-refractivity contribution in [3.05, 3.63) is 96.3 Å². The zero-order chi connectivity index (χ0) is 21.6. The Kier molecular flexibility index (Phi) is 5.89. The molecular formula is C23H18FN3O4. The molecule has 0 atom stereocenters. The van der Waals surface area contributed by atoms with Gasteiger partial charge in [0.25, 0.3) is 0 Å². The molecule has 0 amide bonds. The molecule has 8 heteroatoms. The van der Waals surface area contributed by atoms with Crippen molar-refractivity contribution < 1.29 is 23.4 Å². The molecule has 0 N–H and O–H groups in total. The van der Waals surface area contributed by atoms with Gasteiger partial charge in [-0.05, 0) is 42.5 Å². The van der Waals surface area contributed by atoms with Gasteiger partial charge in [-0.3, -0.25) is 0 Å². The molecule has 2 heterocycles. The summed E-state index contributed by atoms with van der Waals surface area (Å²) in [6.07, 6.45) is 3.03. The lowest BCUT2D eigenvalue weighted by Crippen LogP contribution is -2.08. The fraction of sp³-hybridized carbons (Fsp3) is 0.0870. The fourth-order valence-corrected chi connectivity index (χ4v) is 2.82. The number of ether oxygens (including phenoxy) is 3. The van der Waals surface area contributed by atoms with Crippen LogP contribution in [0, 0.1) is 5.82 Å².